The van der Waals surface area contributed by atoms with Gasteiger partial charge < -0.3 is 20.9 Å². The van der Waals surface area contributed by atoms with E-state index in [1.807, 2.05) is 29.2 Å². The molecule has 9 heteroatoms. The van der Waals surface area contributed by atoms with Gasteiger partial charge in [-0.2, -0.15) is 4.98 Å². The number of nitrogens with one attached hydrogen (secondary N) is 1. The third-order valence-corrected chi connectivity index (χ3v) is 5.52. The van der Waals surface area contributed by atoms with E-state index in [1.165, 1.54) is 12.3 Å². The van der Waals surface area contributed by atoms with Gasteiger partial charge in [0.05, 0.1) is 16.3 Å². The average Bonchev–Trinajstić information content (AvgIpc) is 2.79. The van der Waals surface area contributed by atoms with Crippen molar-refractivity contribution in [1.82, 2.24) is 15.3 Å². The van der Waals surface area contributed by atoms with Gasteiger partial charge >= 0.3 is 0 Å². The van der Waals surface area contributed by atoms with Gasteiger partial charge in [-0.25, -0.2) is 9.37 Å². The zero-order chi connectivity index (χ0) is 21.8. The largest absolute Gasteiger partial charge is 0.383 e. The fourth-order valence-electron chi connectivity index (χ4n) is 3.48. The Morgan fingerprint density at radius 2 is 1.74 bits per heavy atom. The number of nitrogen functional groups attached to an aromatic ring is 1. The van der Waals surface area contributed by atoms with Crippen molar-refractivity contribution in [3.63, 3.8) is 0 Å². The molecule has 4 rings (SSSR count). The molecule has 0 unspecified atom stereocenters. The van der Waals surface area contributed by atoms with Gasteiger partial charge in [-0.3, -0.25) is 4.79 Å². The number of nitrogens with zero attached hydrogens (tertiary/aromatic N) is 4. The molecule has 1 aromatic heterocycles. The molecule has 1 amide bonds. The van der Waals surface area contributed by atoms with Crippen LogP contribution in [0.5, 0.6) is 0 Å². The van der Waals surface area contributed by atoms with Crippen LogP contribution >= 0.6 is 11.6 Å². The van der Waals surface area contributed by atoms with Crippen molar-refractivity contribution in [3.8, 4) is 0 Å². The van der Waals surface area contributed by atoms with Crippen LogP contribution in [0.4, 0.5) is 21.8 Å². The fourth-order valence-corrected chi connectivity index (χ4v) is 3.74. The number of rotatable bonds is 5. The van der Waals surface area contributed by atoms with Crippen LogP contribution in [0.2, 0.25) is 5.02 Å². The molecule has 0 saturated carbocycles. The molecule has 31 heavy (non-hydrogen) atoms. The molecule has 3 aromatic rings. The molecular weight excluding hydrogens is 419 g/mol. The van der Waals surface area contributed by atoms with Gasteiger partial charge in [0.1, 0.15) is 11.6 Å². The highest BCUT2D eigenvalue weighted by Crippen LogP contribution is 2.26. The number of amides is 1. The van der Waals surface area contributed by atoms with Crippen molar-refractivity contribution >= 4 is 35.0 Å². The molecule has 1 aliphatic heterocycles. The van der Waals surface area contributed by atoms with Crippen molar-refractivity contribution in [2.45, 2.75) is 6.54 Å². The Kier molecular flexibility index (Phi) is 6.18. The standard InChI is InChI=1S/C22H22ClFN6O/c23-17-6-2-4-8-19(17)29-9-11-30(12-10-29)22-27-14-16(20(25)28-22)21(31)26-13-15-5-1-3-7-18(15)24/h1-8,14H,9-13H2,(H,26,31)(H2,25,27,28). The summed E-state index contributed by atoms with van der Waals surface area (Å²) in [6.07, 6.45) is 1.41. The third kappa shape index (κ3) is 4.69. The maximum absolute atomic E-state index is 13.7. The summed E-state index contributed by atoms with van der Waals surface area (Å²) < 4.78 is 13.7. The summed E-state index contributed by atoms with van der Waals surface area (Å²) >= 11 is 6.30. The second-order valence-electron chi connectivity index (χ2n) is 7.17. The first-order valence-corrected chi connectivity index (χ1v) is 10.3. The fraction of sp³-hybridized carbons (Fsp3) is 0.227. The lowest BCUT2D eigenvalue weighted by molar-refractivity contribution is 0.0951. The van der Waals surface area contributed by atoms with Gasteiger partial charge in [0, 0.05) is 44.5 Å². The van der Waals surface area contributed by atoms with Gasteiger partial charge in [0.15, 0.2) is 0 Å². The van der Waals surface area contributed by atoms with Gasteiger partial charge in [-0.05, 0) is 18.2 Å². The van der Waals surface area contributed by atoms with E-state index in [0.717, 1.165) is 23.8 Å². The lowest BCUT2D eigenvalue weighted by atomic mass is 10.2. The quantitative estimate of drug-likeness (QED) is 0.634. The third-order valence-electron chi connectivity index (χ3n) is 5.20. The van der Waals surface area contributed by atoms with Gasteiger partial charge in [0.2, 0.25) is 5.95 Å². The Morgan fingerprint density at radius 3 is 2.45 bits per heavy atom. The molecule has 7 nitrogen and oxygen atoms in total. The number of carbonyl (C=O) groups excluding carboxylic acids is 1. The zero-order valence-electron chi connectivity index (χ0n) is 16.8. The number of benzene rings is 2. The molecule has 0 bridgehead atoms. The van der Waals surface area contributed by atoms with Crippen LogP contribution in [0.25, 0.3) is 0 Å². The van der Waals surface area contributed by atoms with Crippen LogP contribution in [0, 0.1) is 5.82 Å². The SMILES string of the molecule is Nc1nc(N2CCN(c3ccccc3Cl)CC2)ncc1C(=O)NCc1ccccc1F. The van der Waals surface area contributed by atoms with Crippen molar-refractivity contribution in [3.05, 3.63) is 76.7 Å². The number of piperazine rings is 1. The molecule has 1 fully saturated rings. The lowest BCUT2D eigenvalue weighted by Crippen LogP contribution is -2.47. The highest BCUT2D eigenvalue weighted by Gasteiger charge is 2.22. The maximum atomic E-state index is 13.7. The summed E-state index contributed by atoms with van der Waals surface area (Å²) in [4.78, 5) is 25.3. The second-order valence-corrected chi connectivity index (χ2v) is 7.58. The molecule has 0 atom stereocenters. The molecular formula is C22H22ClFN6O. The summed E-state index contributed by atoms with van der Waals surface area (Å²) in [5.74, 6) is -0.263. The number of halogens is 2. The van der Waals surface area contributed by atoms with Crippen molar-refractivity contribution in [2.75, 3.05) is 41.7 Å². The van der Waals surface area contributed by atoms with Gasteiger partial charge in [-0.15, -0.1) is 0 Å². The highest BCUT2D eigenvalue weighted by atomic mass is 35.5. The zero-order valence-corrected chi connectivity index (χ0v) is 17.5. The minimum absolute atomic E-state index is 0.0523. The number of para-hydroxylation sites is 1. The second kappa shape index (κ2) is 9.18. The number of aromatic nitrogens is 2. The first-order valence-electron chi connectivity index (χ1n) is 9.91. The Labute approximate surface area is 184 Å². The summed E-state index contributed by atoms with van der Waals surface area (Å²) in [6.45, 7) is 2.97. The van der Waals surface area contributed by atoms with E-state index in [2.05, 4.69) is 20.2 Å². The minimum atomic E-state index is -0.448. The first-order chi connectivity index (χ1) is 15.0. The monoisotopic (exact) mass is 440 g/mol. The van der Waals surface area contributed by atoms with Crippen molar-refractivity contribution in [1.29, 1.82) is 0 Å². The van der Waals surface area contributed by atoms with E-state index in [0.29, 0.717) is 24.6 Å². The Hall–Kier alpha value is -3.39. The van der Waals surface area contributed by atoms with Gasteiger partial charge in [-0.1, -0.05) is 41.9 Å². The van der Waals surface area contributed by atoms with E-state index < -0.39 is 5.91 Å². The summed E-state index contributed by atoms with van der Waals surface area (Å²) in [7, 11) is 0. The number of carbonyl (C=O) groups is 1. The number of hydrogen-bond acceptors (Lipinski definition) is 6. The number of nitrogens with two attached hydrogens (primary N) is 1. The smallest absolute Gasteiger partial charge is 0.256 e. The first kappa shape index (κ1) is 20.9. The topological polar surface area (TPSA) is 87.4 Å². The molecule has 2 heterocycles. The van der Waals surface area contributed by atoms with Crippen LogP contribution in [0.1, 0.15) is 15.9 Å². The molecule has 0 spiro atoms. The van der Waals surface area contributed by atoms with E-state index in [-0.39, 0.29) is 23.7 Å². The predicted molar refractivity (Wildman–Crippen MR) is 120 cm³/mol. The maximum Gasteiger partial charge on any atom is 0.256 e. The average molecular weight is 441 g/mol. The van der Waals surface area contributed by atoms with E-state index in [1.54, 1.807) is 18.2 Å². The van der Waals surface area contributed by atoms with Crippen LogP contribution in [0.15, 0.2) is 54.7 Å². The minimum Gasteiger partial charge on any atom is -0.383 e. The normalized spacial score (nSPS) is 13.9. The molecule has 160 valence electrons. The highest BCUT2D eigenvalue weighted by molar-refractivity contribution is 6.33. The van der Waals surface area contributed by atoms with E-state index in [4.69, 9.17) is 17.3 Å². The number of hydrogen-bond donors (Lipinski definition) is 2. The summed E-state index contributed by atoms with van der Waals surface area (Å²) in [5, 5.41) is 3.38. The molecule has 1 saturated heterocycles. The van der Waals surface area contributed by atoms with Crippen molar-refractivity contribution < 1.29 is 9.18 Å². The van der Waals surface area contributed by atoms with Crippen molar-refractivity contribution in [2.24, 2.45) is 0 Å². The van der Waals surface area contributed by atoms with Crippen LogP contribution in [-0.4, -0.2) is 42.1 Å². The Morgan fingerprint density at radius 1 is 1.06 bits per heavy atom. The number of anilines is 3. The lowest BCUT2D eigenvalue weighted by Gasteiger charge is -2.36. The predicted octanol–water partition coefficient (Wildman–Crippen LogP) is 3.11. The summed E-state index contributed by atoms with van der Waals surface area (Å²) in [6, 6.07) is 14.0. The van der Waals surface area contributed by atoms with Crippen LogP contribution in [0.3, 0.4) is 0 Å². The molecule has 0 aliphatic carbocycles. The van der Waals surface area contributed by atoms with Gasteiger partial charge in [0.25, 0.3) is 5.91 Å². The van der Waals surface area contributed by atoms with Crippen LogP contribution in [-0.2, 0) is 6.54 Å². The Bertz CT molecular complexity index is 1090. The van der Waals surface area contributed by atoms with Crippen LogP contribution < -0.4 is 20.9 Å². The van der Waals surface area contributed by atoms with E-state index >= 15 is 0 Å². The van der Waals surface area contributed by atoms with E-state index in [9.17, 15) is 9.18 Å². The molecule has 3 N–H and O–H groups in total. The summed E-state index contributed by atoms with van der Waals surface area (Å²) in [5.41, 5.74) is 7.58. The molecule has 0 radical (unpaired) electrons. The molecule has 1 aliphatic rings. The molecule has 2 aromatic carbocycles. The Balaban J connectivity index is 1.38.